The Kier molecular flexibility index (Phi) is 22.8. The molecule has 0 aromatic rings. The van der Waals surface area contributed by atoms with Crippen molar-refractivity contribution in [2.24, 2.45) is 5.92 Å². The maximum Gasteiger partial charge on any atom is -0.0122 e. The van der Waals surface area contributed by atoms with E-state index in [4.69, 9.17) is 0 Å². The van der Waals surface area contributed by atoms with Crippen LogP contribution in [0.25, 0.3) is 0 Å². The molecule has 0 aromatic heterocycles. The van der Waals surface area contributed by atoms with Crippen LogP contribution < -0.4 is 0 Å². The predicted molar refractivity (Wildman–Crippen MR) is 129 cm³/mol. The van der Waals surface area contributed by atoms with Gasteiger partial charge in [0.25, 0.3) is 0 Å². The van der Waals surface area contributed by atoms with Gasteiger partial charge in [-0.15, -0.1) is 21.6 Å². The number of rotatable bonds is 19. The van der Waals surface area contributed by atoms with Crippen molar-refractivity contribution in [1.29, 1.82) is 0 Å². The fourth-order valence-corrected chi connectivity index (χ4v) is 4.98. The maximum atomic E-state index is 3.38. The van der Waals surface area contributed by atoms with Crippen LogP contribution in [-0.2, 0) is 0 Å². The predicted octanol–water partition coefficient (Wildman–Crippen LogP) is 9.74. The Labute approximate surface area is 176 Å². The monoisotopic (exact) mass is 406 g/mol. The van der Waals surface area contributed by atoms with E-state index in [0.717, 1.165) is 5.92 Å². The summed E-state index contributed by atoms with van der Waals surface area (Å²) in [5.41, 5.74) is 0. The molecule has 0 aliphatic carbocycles. The van der Waals surface area contributed by atoms with Gasteiger partial charge in [-0.3, -0.25) is 0 Å². The summed E-state index contributed by atoms with van der Waals surface area (Å²) in [7, 11) is 3.38. The molecule has 0 heterocycles. The average Bonchev–Trinajstić information content (AvgIpc) is 2.62. The molecule has 0 fully saturated rings. The third kappa shape index (κ3) is 14.7. The molecule has 2 heteroatoms. The Hall–Kier alpha value is 0.720. The zero-order valence-electron chi connectivity index (χ0n) is 18.8. The molecule has 2 atom stereocenters. The quantitative estimate of drug-likeness (QED) is 0.148. The van der Waals surface area contributed by atoms with E-state index in [9.17, 15) is 0 Å². The topological polar surface area (TPSA) is 0 Å². The van der Waals surface area contributed by atoms with Gasteiger partial charge in [-0.2, -0.15) is 0 Å². The van der Waals surface area contributed by atoms with Crippen LogP contribution in [0, 0.1) is 5.92 Å². The summed E-state index contributed by atoms with van der Waals surface area (Å²) < 4.78 is 0. The van der Waals surface area contributed by atoms with Crippen molar-refractivity contribution in [3.63, 3.8) is 0 Å². The van der Waals surface area contributed by atoms with Gasteiger partial charge in [0.1, 0.15) is 0 Å². The highest BCUT2D eigenvalue weighted by atomic mass is 35.5. The molecular formula is C24H52ClP. The molecule has 0 saturated carbocycles. The van der Waals surface area contributed by atoms with E-state index in [1.807, 2.05) is 0 Å². The molecule has 0 saturated heterocycles. The zero-order chi connectivity index (χ0) is 18.8. The Morgan fingerprint density at radius 1 is 0.538 bits per heavy atom. The van der Waals surface area contributed by atoms with E-state index in [1.165, 1.54) is 116 Å². The van der Waals surface area contributed by atoms with E-state index >= 15 is 0 Å². The van der Waals surface area contributed by atoms with Gasteiger partial charge >= 0.3 is 0 Å². The van der Waals surface area contributed by atoms with Crippen molar-refractivity contribution in [2.45, 2.75) is 148 Å². The zero-order valence-corrected chi connectivity index (χ0v) is 20.8. The minimum atomic E-state index is 0. The molecule has 0 nitrogen and oxygen atoms in total. The summed E-state index contributed by atoms with van der Waals surface area (Å²) in [4.78, 5) is 0. The minimum absolute atomic E-state index is 0. The summed E-state index contributed by atoms with van der Waals surface area (Å²) >= 11 is 0. The highest BCUT2D eigenvalue weighted by molar-refractivity contribution is 7.19. The number of hydrogen-bond acceptors (Lipinski definition) is 0. The molecule has 0 spiro atoms. The van der Waals surface area contributed by atoms with Crippen molar-refractivity contribution in [1.82, 2.24) is 0 Å². The highest BCUT2D eigenvalue weighted by Crippen LogP contribution is 2.43. The first kappa shape index (κ1) is 28.9. The van der Waals surface area contributed by atoms with E-state index in [2.05, 4.69) is 36.9 Å². The van der Waals surface area contributed by atoms with Crippen LogP contribution in [0.5, 0.6) is 0 Å². The van der Waals surface area contributed by atoms with E-state index < -0.39 is 0 Å². The van der Waals surface area contributed by atoms with E-state index in [0.29, 0.717) is 5.16 Å². The summed E-state index contributed by atoms with van der Waals surface area (Å²) in [6.45, 7) is 9.37. The van der Waals surface area contributed by atoms with Gasteiger partial charge in [0.15, 0.2) is 0 Å². The maximum absolute atomic E-state index is 3.38. The summed E-state index contributed by atoms with van der Waals surface area (Å²) in [6, 6.07) is 0. The number of hydrogen-bond donors (Lipinski definition) is 0. The average molecular weight is 407 g/mol. The largest absolute Gasteiger partial charge is 0.147 e. The van der Waals surface area contributed by atoms with Crippen LogP contribution in [0.4, 0.5) is 0 Å². The van der Waals surface area contributed by atoms with E-state index in [-0.39, 0.29) is 12.4 Å². The van der Waals surface area contributed by atoms with Crippen molar-refractivity contribution in [3.8, 4) is 0 Å². The summed E-state index contributed by atoms with van der Waals surface area (Å²) in [5.74, 6) is 0.940. The molecular weight excluding hydrogens is 355 g/mol. The van der Waals surface area contributed by atoms with Crippen LogP contribution >= 0.6 is 21.6 Å². The van der Waals surface area contributed by atoms with Crippen LogP contribution in [0.2, 0.25) is 0 Å². The van der Waals surface area contributed by atoms with Gasteiger partial charge < -0.3 is 0 Å². The first-order valence-corrected chi connectivity index (χ1v) is 12.5. The summed E-state index contributed by atoms with van der Waals surface area (Å²) in [5, 5.41) is 0.530. The first-order chi connectivity index (χ1) is 12.1. The molecule has 0 bridgehead atoms. The van der Waals surface area contributed by atoms with Crippen molar-refractivity contribution in [3.05, 3.63) is 0 Å². The van der Waals surface area contributed by atoms with Gasteiger partial charge in [-0.05, 0) is 36.8 Å². The molecule has 0 amide bonds. The van der Waals surface area contributed by atoms with Gasteiger partial charge in [0.2, 0.25) is 0 Å². The van der Waals surface area contributed by atoms with Crippen molar-refractivity contribution < 1.29 is 0 Å². The third-order valence-corrected chi connectivity index (χ3v) is 7.17. The molecule has 0 aliphatic rings. The molecule has 0 N–H and O–H groups in total. The van der Waals surface area contributed by atoms with Crippen molar-refractivity contribution in [2.75, 3.05) is 0 Å². The highest BCUT2D eigenvalue weighted by Gasteiger charge is 2.32. The van der Waals surface area contributed by atoms with E-state index in [1.54, 1.807) is 0 Å². The van der Waals surface area contributed by atoms with Crippen LogP contribution in [0.15, 0.2) is 0 Å². The second-order valence-electron chi connectivity index (χ2n) is 8.54. The molecule has 0 aliphatic heterocycles. The number of unbranched alkanes of at least 4 members (excludes halogenated alkanes) is 10. The standard InChI is InChI=1S/C24H51P.ClH/c1-5-9-13-14-15-16-17-18-20-23(19-10-6-2)24(25,21-11-7-3)22-12-8-4;/h23H,5-22,25H2,1-4H3;1H. The summed E-state index contributed by atoms with van der Waals surface area (Å²) in [6.07, 6.45) is 25.7. The Morgan fingerprint density at radius 2 is 0.923 bits per heavy atom. The first-order valence-electron chi connectivity index (χ1n) is 11.9. The minimum Gasteiger partial charge on any atom is -0.147 e. The Balaban J connectivity index is 0. The lowest BCUT2D eigenvalue weighted by Crippen LogP contribution is -2.32. The third-order valence-electron chi connectivity index (χ3n) is 6.12. The molecule has 0 radical (unpaired) electrons. The van der Waals surface area contributed by atoms with Gasteiger partial charge in [0, 0.05) is 0 Å². The normalized spacial score (nSPS) is 12.8. The van der Waals surface area contributed by atoms with Gasteiger partial charge in [-0.25, -0.2) is 0 Å². The molecule has 0 aromatic carbocycles. The molecule has 0 rings (SSSR count). The van der Waals surface area contributed by atoms with Crippen LogP contribution in [0.1, 0.15) is 143 Å². The lowest BCUT2D eigenvalue weighted by atomic mass is 9.77. The fraction of sp³-hybridized carbons (Fsp3) is 1.00. The van der Waals surface area contributed by atoms with Gasteiger partial charge in [0.05, 0.1) is 0 Å². The number of halogens is 1. The lowest BCUT2D eigenvalue weighted by Gasteiger charge is -2.39. The van der Waals surface area contributed by atoms with Crippen LogP contribution in [-0.4, -0.2) is 5.16 Å². The molecule has 2 unspecified atom stereocenters. The second kappa shape index (κ2) is 20.5. The Bertz CT molecular complexity index is 259. The lowest BCUT2D eigenvalue weighted by molar-refractivity contribution is 0.274. The molecule has 26 heavy (non-hydrogen) atoms. The van der Waals surface area contributed by atoms with Gasteiger partial charge in [-0.1, -0.05) is 118 Å². The van der Waals surface area contributed by atoms with Crippen LogP contribution in [0.3, 0.4) is 0 Å². The fourth-order valence-electron chi connectivity index (χ4n) is 4.24. The SMILES string of the molecule is CCCCCCCCCCC(CCCC)C(P)(CCCC)CCCC.Cl. The Morgan fingerprint density at radius 3 is 1.38 bits per heavy atom. The molecule has 160 valence electrons. The van der Waals surface area contributed by atoms with Crippen molar-refractivity contribution >= 4 is 21.6 Å². The second-order valence-corrected chi connectivity index (χ2v) is 9.69. The smallest absolute Gasteiger partial charge is 0.0122 e.